The zero-order valence-electron chi connectivity index (χ0n) is 16.0. The largest absolute Gasteiger partial charge is 0.497 e. The van der Waals surface area contributed by atoms with E-state index in [1.54, 1.807) is 18.0 Å². The quantitative estimate of drug-likeness (QED) is 0.766. The summed E-state index contributed by atoms with van der Waals surface area (Å²) in [7, 11) is 3.56. The number of rotatable bonds is 4. The van der Waals surface area contributed by atoms with Crippen LogP contribution >= 0.6 is 0 Å². The minimum absolute atomic E-state index is 0.0198. The fourth-order valence-corrected chi connectivity index (χ4v) is 4.04. The lowest BCUT2D eigenvalue weighted by Crippen LogP contribution is -2.19. The first-order valence-electron chi connectivity index (χ1n) is 9.31. The van der Waals surface area contributed by atoms with Gasteiger partial charge in [-0.3, -0.25) is 9.48 Å². The van der Waals surface area contributed by atoms with Crippen molar-refractivity contribution in [1.82, 2.24) is 14.8 Å². The molecule has 4 rings (SSSR count). The van der Waals surface area contributed by atoms with Crippen molar-refractivity contribution in [1.29, 1.82) is 0 Å². The van der Waals surface area contributed by atoms with Crippen molar-refractivity contribution in [3.63, 3.8) is 0 Å². The van der Waals surface area contributed by atoms with Gasteiger partial charge in [-0.25, -0.2) is 4.98 Å². The van der Waals surface area contributed by atoms with Crippen molar-refractivity contribution in [2.24, 2.45) is 7.05 Å². The van der Waals surface area contributed by atoms with Crippen molar-refractivity contribution in [3.05, 3.63) is 47.3 Å². The summed E-state index contributed by atoms with van der Waals surface area (Å²) in [4.78, 5) is 17.1. The van der Waals surface area contributed by atoms with Gasteiger partial charge < -0.3 is 10.1 Å². The van der Waals surface area contributed by atoms with Gasteiger partial charge in [-0.1, -0.05) is 6.07 Å². The molecule has 0 spiro atoms. The molecule has 1 atom stereocenters. The van der Waals surface area contributed by atoms with E-state index in [0.717, 1.165) is 47.4 Å². The number of amides is 1. The summed E-state index contributed by atoms with van der Waals surface area (Å²) in [6, 6.07) is 8.14. The summed E-state index contributed by atoms with van der Waals surface area (Å²) < 4.78 is 7.08. The number of carbonyl (C=O) groups is 1. The van der Waals surface area contributed by atoms with Crippen molar-refractivity contribution < 1.29 is 9.53 Å². The van der Waals surface area contributed by atoms with E-state index in [4.69, 9.17) is 4.74 Å². The number of pyridine rings is 1. The van der Waals surface area contributed by atoms with E-state index >= 15 is 0 Å². The maximum atomic E-state index is 12.7. The van der Waals surface area contributed by atoms with E-state index in [0.29, 0.717) is 6.42 Å². The number of anilines is 1. The molecule has 1 aliphatic rings. The number of nitrogens with zero attached hydrogens (tertiary/aromatic N) is 3. The van der Waals surface area contributed by atoms with Gasteiger partial charge in [0.2, 0.25) is 5.91 Å². The number of carbonyl (C=O) groups excluding carboxylic acids is 1. The second kappa shape index (κ2) is 7.02. The summed E-state index contributed by atoms with van der Waals surface area (Å²) in [6.45, 7) is 1.95. The topological polar surface area (TPSA) is 69.0 Å². The second-order valence-corrected chi connectivity index (χ2v) is 7.21. The SMILES string of the molecule is COc1ccc2c(c1)CCCC2CC(=O)Nc1cnc2c(c1)c(C)nn2C. The van der Waals surface area contributed by atoms with Crippen molar-refractivity contribution in [2.75, 3.05) is 12.4 Å². The molecular formula is C21H24N4O2. The van der Waals surface area contributed by atoms with Crippen LogP contribution < -0.4 is 10.1 Å². The van der Waals surface area contributed by atoms with E-state index in [2.05, 4.69) is 27.5 Å². The minimum Gasteiger partial charge on any atom is -0.497 e. The van der Waals surface area contributed by atoms with Gasteiger partial charge in [-0.05, 0) is 61.4 Å². The Labute approximate surface area is 158 Å². The molecule has 2 aromatic heterocycles. The van der Waals surface area contributed by atoms with Crippen LogP contribution in [0.1, 0.15) is 42.0 Å². The summed E-state index contributed by atoms with van der Waals surface area (Å²) in [5.41, 5.74) is 5.02. The molecule has 0 fully saturated rings. The van der Waals surface area contributed by atoms with Crippen LogP contribution in [-0.4, -0.2) is 27.8 Å². The first-order chi connectivity index (χ1) is 13.0. The Morgan fingerprint density at radius 1 is 1.37 bits per heavy atom. The van der Waals surface area contributed by atoms with E-state index in [1.807, 2.05) is 26.1 Å². The van der Waals surface area contributed by atoms with Gasteiger partial charge in [0, 0.05) is 18.9 Å². The van der Waals surface area contributed by atoms with Crippen LogP contribution in [0, 0.1) is 6.92 Å². The van der Waals surface area contributed by atoms with Crippen molar-refractivity contribution >= 4 is 22.6 Å². The number of hydrogen-bond acceptors (Lipinski definition) is 4. The molecule has 0 bridgehead atoms. The highest BCUT2D eigenvalue weighted by atomic mass is 16.5. The molecule has 1 aliphatic carbocycles. The number of aromatic nitrogens is 3. The molecular weight excluding hydrogens is 340 g/mol. The van der Waals surface area contributed by atoms with Crippen LogP contribution in [-0.2, 0) is 18.3 Å². The highest BCUT2D eigenvalue weighted by molar-refractivity contribution is 5.93. The van der Waals surface area contributed by atoms with Gasteiger partial charge in [0.05, 0.1) is 24.7 Å². The molecule has 0 aliphatic heterocycles. The van der Waals surface area contributed by atoms with Crippen LogP contribution in [0.3, 0.4) is 0 Å². The second-order valence-electron chi connectivity index (χ2n) is 7.21. The number of aryl methyl sites for hydroxylation is 3. The summed E-state index contributed by atoms with van der Waals surface area (Å²) in [5, 5.41) is 8.35. The predicted octanol–water partition coefficient (Wildman–Crippen LogP) is 3.73. The number of methoxy groups -OCH3 is 1. The van der Waals surface area contributed by atoms with E-state index in [9.17, 15) is 4.79 Å². The Balaban J connectivity index is 1.50. The van der Waals surface area contributed by atoms with Gasteiger partial charge in [0.25, 0.3) is 0 Å². The third kappa shape index (κ3) is 3.39. The molecule has 0 saturated heterocycles. The predicted molar refractivity (Wildman–Crippen MR) is 105 cm³/mol. The maximum Gasteiger partial charge on any atom is 0.225 e. The Kier molecular flexibility index (Phi) is 4.56. The molecule has 3 aromatic rings. The van der Waals surface area contributed by atoms with E-state index in [1.165, 1.54) is 11.1 Å². The zero-order chi connectivity index (χ0) is 19.0. The zero-order valence-corrected chi connectivity index (χ0v) is 16.0. The molecule has 140 valence electrons. The Morgan fingerprint density at radius 3 is 3.04 bits per heavy atom. The molecule has 6 heteroatoms. The standard InChI is InChI=1S/C21H24N4O2/c1-13-19-11-16(12-22-21(19)25(2)24-13)23-20(26)10-15-6-4-5-14-9-17(27-3)7-8-18(14)15/h7-9,11-12,15H,4-6,10H2,1-3H3,(H,23,26). The monoisotopic (exact) mass is 364 g/mol. The van der Waals surface area contributed by atoms with Gasteiger partial charge >= 0.3 is 0 Å². The molecule has 1 N–H and O–H groups in total. The molecule has 1 amide bonds. The Morgan fingerprint density at radius 2 is 2.22 bits per heavy atom. The van der Waals surface area contributed by atoms with Crippen LogP contribution in [0.25, 0.3) is 11.0 Å². The van der Waals surface area contributed by atoms with Gasteiger partial charge in [-0.2, -0.15) is 5.10 Å². The van der Waals surface area contributed by atoms with Crippen LogP contribution in [0.4, 0.5) is 5.69 Å². The molecule has 1 unspecified atom stereocenters. The fourth-order valence-electron chi connectivity index (χ4n) is 4.04. The van der Waals surface area contributed by atoms with Gasteiger partial charge in [0.1, 0.15) is 5.75 Å². The highest BCUT2D eigenvalue weighted by Gasteiger charge is 2.23. The highest BCUT2D eigenvalue weighted by Crippen LogP contribution is 2.36. The normalized spacial score (nSPS) is 16.2. The third-order valence-corrected chi connectivity index (χ3v) is 5.37. The minimum atomic E-state index is 0.0198. The number of hydrogen-bond donors (Lipinski definition) is 1. The lowest BCUT2D eigenvalue weighted by Gasteiger charge is -2.25. The van der Waals surface area contributed by atoms with Crippen LogP contribution in [0.5, 0.6) is 5.75 Å². The number of fused-ring (bicyclic) bond motifs is 2. The van der Waals surface area contributed by atoms with E-state index < -0.39 is 0 Å². The number of ether oxygens (including phenoxy) is 1. The smallest absolute Gasteiger partial charge is 0.225 e. The van der Waals surface area contributed by atoms with Gasteiger partial charge in [-0.15, -0.1) is 0 Å². The summed E-state index contributed by atoms with van der Waals surface area (Å²) in [6.07, 6.45) is 5.35. The van der Waals surface area contributed by atoms with Crippen LogP contribution in [0.2, 0.25) is 0 Å². The van der Waals surface area contributed by atoms with Crippen molar-refractivity contribution in [3.8, 4) is 5.75 Å². The molecule has 0 saturated carbocycles. The summed E-state index contributed by atoms with van der Waals surface area (Å²) in [5.74, 6) is 1.15. The fraction of sp³-hybridized carbons (Fsp3) is 0.381. The Hall–Kier alpha value is -2.89. The number of nitrogens with one attached hydrogen (secondary N) is 1. The molecule has 0 radical (unpaired) electrons. The first-order valence-corrected chi connectivity index (χ1v) is 9.31. The van der Waals surface area contributed by atoms with Gasteiger partial charge in [0.15, 0.2) is 5.65 Å². The molecule has 27 heavy (non-hydrogen) atoms. The third-order valence-electron chi connectivity index (χ3n) is 5.37. The van der Waals surface area contributed by atoms with E-state index in [-0.39, 0.29) is 11.8 Å². The number of benzene rings is 1. The summed E-state index contributed by atoms with van der Waals surface area (Å²) >= 11 is 0. The van der Waals surface area contributed by atoms with Crippen LogP contribution in [0.15, 0.2) is 30.5 Å². The lowest BCUT2D eigenvalue weighted by molar-refractivity contribution is -0.116. The Bertz CT molecular complexity index is 1010. The molecule has 1 aromatic carbocycles. The maximum absolute atomic E-state index is 12.7. The lowest BCUT2D eigenvalue weighted by atomic mass is 9.81. The average Bonchev–Trinajstić information content (AvgIpc) is 2.95. The van der Waals surface area contributed by atoms with Crippen molar-refractivity contribution in [2.45, 2.75) is 38.5 Å². The first kappa shape index (κ1) is 17.5. The molecule has 6 nitrogen and oxygen atoms in total. The molecule has 2 heterocycles. The average molecular weight is 364 g/mol.